The number of imidazole rings is 1. The topological polar surface area (TPSA) is 20.7 Å². The van der Waals surface area contributed by atoms with Crippen molar-refractivity contribution in [1.82, 2.24) is 9.55 Å². The first-order chi connectivity index (χ1) is 7.31. The summed E-state index contributed by atoms with van der Waals surface area (Å²) in [5.74, 6) is 0.853. The fourth-order valence-electron chi connectivity index (χ4n) is 2.55. The second-order valence-corrected chi connectivity index (χ2v) is 4.94. The van der Waals surface area contributed by atoms with E-state index in [0.717, 1.165) is 23.7 Å². The molecule has 15 heavy (non-hydrogen) atoms. The van der Waals surface area contributed by atoms with Gasteiger partial charge >= 0.3 is 0 Å². The summed E-state index contributed by atoms with van der Waals surface area (Å²) in [4.78, 5) is 3.16. The van der Waals surface area contributed by atoms with E-state index in [1.165, 1.54) is 37.8 Å². The van der Waals surface area contributed by atoms with Gasteiger partial charge in [-0.2, -0.15) is 0 Å². The van der Waals surface area contributed by atoms with Gasteiger partial charge in [0.25, 0.3) is 0 Å². The van der Waals surface area contributed by atoms with Gasteiger partial charge in [-0.05, 0) is 37.4 Å². The van der Waals surface area contributed by atoms with E-state index in [0.29, 0.717) is 0 Å². The minimum absolute atomic E-state index is 0.853. The van der Waals surface area contributed by atoms with E-state index in [-0.39, 0.29) is 0 Å². The van der Waals surface area contributed by atoms with Crippen molar-refractivity contribution in [3.05, 3.63) is 16.7 Å². The summed E-state index contributed by atoms with van der Waals surface area (Å²) in [6.45, 7) is 3.32. The molecule has 1 fully saturated rings. The molecule has 84 valence electrons. The van der Waals surface area contributed by atoms with Crippen LogP contribution in [0.1, 0.15) is 44.7 Å². The number of nitrogens with zero attached hydrogens (tertiary/aromatic N) is 1. The van der Waals surface area contributed by atoms with Crippen LogP contribution in [0.25, 0.3) is 0 Å². The van der Waals surface area contributed by atoms with Crippen LogP contribution in [0, 0.1) is 10.7 Å². The van der Waals surface area contributed by atoms with Crippen LogP contribution in [0.2, 0.25) is 0 Å². The van der Waals surface area contributed by atoms with Crippen molar-refractivity contribution in [2.24, 2.45) is 5.92 Å². The molecule has 0 saturated heterocycles. The third-order valence-electron chi connectivity index (χ3n) is 3.48. The molecule has 1 N–H and O–H groups in total. The first kappa shape index (κ1) is 10.9. The average molecular weight is 224 g/mol. The number of aryl methyl sites for hydroxylation is 1. The Morgan fingerprint density at radius 1 is 1.40 bits per heavy atom. The minimum Gasteiger partial charge on any atom is -0.337 e. The predicted molar refractivity (Wildman–Crippen MR) is 65.6 cm³/mol. The van der Waals surface area contributed by atoms with E-state index >= 15 is 0 Å². The van der Waals surface area contributed by atoms with E-state index in [2.05, 4.69) is 22.7 Å². The highest BCUT2D eigenvalue weighted by Gasteiger charge is 2.15. The molecule has 1 heterocycles. The highest BCUT2D eigenvalue weighted by atomic mass is 32.1. The molecular formula is C12H20N2S. The molecule has 0 spiro atoms. The molecule has 1 aromatic rings. The lowest BCUT2D eigenvalue weighted by molar-refractivity contribution is 0.315. The Morgan fingerprint density at radius 2 is 2.13 bits per heavy atom. The van der Waals surface area contributed by atoms with Crippen LogP contribution >= 0.6 is 12.2 Å². The molecule has 2 rings (SSSR count). The van der Waals surface area contributed by atoms with E-state index < -0.39 is 0 Å². The second-order valence-electron chi connectivity index (χ2n) is 4.55. The molecule has 1 aromatic heterocycles. The third-order valence-corrected chi connectivity index (χ3v) is 3.82. The van der Waals surface area contributed by atoms with Crippen molar-refractivity contribution < 1.29 is 0 Å². The van der Waals surface area contributed by atoms with E-state index in [9.17, 15) is 0 Å². The average Bonchev–Trinajstić information content (AvgIpc) is 2.62. The highest BCUT2D eigenvalue weighted by Crippen LogP contribution is 2.25. The Bertz CT molecular complexity index is 358. The van der Waals surface area contributed by atoms with Crippen LogP contribution in [-0.4, -0.2) is 9.55 Å². The van der Waals surface area contributed by atoms with Crippen molar-refractivity contribution in [2.75, 3.05) is 0 Å². The van der Waals surface area contributed by atoms with Gasteiger partial charge in [0.05, 0.1) is 0 Å². The zero-order chi connectivity index (χ0) is 10.7. The van der Waals surface area contributed by atoms with Gasteiger partial charge in [-0.15, -0.1) is 0 Å². The van der Waals surface area contributed by atoms with Crippen molar-refractivity contribution >= 4 is 12.2 Å². The first-order valence-corrected chi connectivity index (χ1v) is 6.49. The predicted octanol–water partition coefficient (Wildman–Crippen LogP) is 3.69. The number of rotatable bonds is 3. The van der Waals surface area contributed by atoms with Gasteiger partial charge in [0.1, 0.15) is 0 Å². The van der Waals surface area contributed by atoms with Gasteiger partial charge in [-0.25, -0.2) is 0 Å². The van der Waals surface area contributed by atoms with Crippen molar-refractivity contribution in [2.45, 2.75) is 52.0 Å². The minimum atomic E-state index is 0.853. The van der Waals surface area contributed by atoms with Crippen molar-refractivity contribution in [3.8, 4) is 0 Å². The van der Waals surface area contributed by atoms with E-state index in [1.54, 1.807) is 0 Å². The van der Waals surface area contributed by atoms with Crippen LogP contribution in [0.4, 0.5) is 0 Å². The maximum absolute atomic E-state index is 5.32. The zero-order valence-electron chi connectivity index (χ0n) is 9.46. The highest BCUT2D eigenvalue weighted by molar-refractivity contribution is 7.71. The summed E-state index contributed by atoms with van der Waals surface area (Å²) in [5.41, 5.74) is 1.35. The monoisotopic (exact) mass is 224 g/mol. The molecule has 2 nitrogen and oxygen atoms in total. The van der Waals surface area contributed by atoms with Crippen LogP contribution < -0.4 is 0 Å². The molecule has 0 radical (unpaired) electrons. The normalized spacial score (nSPS) is 18.2. The number of aromatic amines is 1. The largest absolute Gasteiger partial charge is 0.337 e. The Balaban J connectivity index is 2.08. The molecule has 0 unspecified atom stereocenters. The maximum Gasteiger partial charge on any atom is 0.177 e. The Hall–Kier alpha value is -0.570. The lowest BCUT2D eigenvalue weighted by atomic mass is 9.89. The number of aromatic nitrogens is 2. The molecule has 1 aliphatic rings. The van der Waals surface area contributed by atoms with Crippen LogP contribution in [0.3, 0.4) is 0 Å². The molecule has 1 aliphatic carbocycles. The molecule has 0 aromatic carbocycles. The number of hydrogen-bond acceptors (Lipinski definition) is 1. The Labute approximate surface area is 96.7 Å². The zero-order valence-corrected chi connectivity index (χ0v) is 10.3. The van der Waals surface area contributed by atoms with Gasteiger partial charge in [0.2, 0.25) is 0 Å². The fraction of sp³-hybridized carbons (Fsp3) is 0.750. The van der Waals surface area contributed by atoms with Crippen molar-refractivity contribution in [1.29, 1.82) is 0 Å². The van der Waals surface area contributed by atoms with Gasteiger partial charge in [0.15, 0.2) is 4.77 Å². The summed E-state index contributed by atoms with van der Waals surface area (Å²) in [6.07, 6.45) is 10.1. The molecule has 0 atom stereocenters. The molecule has 1 saturated carbocycles. The number of hydrogen-bond donors (Lipinski definition) is 1. The molecule has 0 amide bonds. The first-order valence-electron chi connectivity index (χ1n) is 6.08. The number of nitrogens with one attached hydrogen (secondary N) is 1. The van der Waals surface area contributed by atoms with Crippen molar-refractivity contribution in [3.63, 3.8) is 0 Å². The van der Waals surface area contributed by atoms with Gasteiger partial charge < -0.3 is 9.55 Å². The molecule has 0 aliphatic heterocycles. The van der Waals surface area contributed by atoms with Gasteiger partial charge in [0, 0.05) is 18.4 Å². The lowest BCUT2D eigenvalue weighted by Crippen LogP contribution is -2.15. The second kappa shape index (κ2) is 4.97. The Morgan fingerprint density at radius 3 is 2.80 bits per heavy atom. The molecule has 0 bridgehead atoms. The third kappa shape index (κ3) is 2.51. The number of H-pyrrole nitrogens is 1. The lowest BCUT2D eigenvalue weighted by Gasteiger charge is -2.22. The van der Waals surface area contributed by atoms with Crippen LogP contribution in [-0.2, 0) is 13.0 Å². The summed E-state index contributed by atoms with van der Waals surface area (Å²) in [6, 6.07) is 0. The molecular weight excluding hydrogens is 204 g/mol. The summed E-state index contributed by atoms with van der Waals surface area (Å²) in [5, 5.41) is 0. The maximum atomic E-state index is 5.32. The Kier molecular flexibility index (Phi) is 3.62. The van der Waals surface area contributed by atoms with E-state index in [4.69, 9.17) is 12.2 Å². The summed E-state index contributed by atoms with van der Waals surface area (Å²) in [7, 11) is 0. The quantitative estimate of drug-likeness (QED) is 0.777. The van der Waals surface area contributed by atoms with E-state index in [1.807, 2.05) is 0 Å². The smallest absolute Gasteiger partial charge is 0.177 e. The molecule has 3 heteroatoms. The summed E-state index contributed by atoms with van der Waals surface area (Å²) < 4.78 is 3.20. The van der Waals surface area contributed by atoms with Gasteiger partial charge in [-0.3, -0.25) is 0 Å². The van der Waals surface area contributed by atoms with Gasteiger partial charge in [-0.1, -0.05) is 26.2 Å². The van der Waals surface area contributed by atoms with Crippen LogP contribution in [0.15, 0.2) is 6.20 Å². The fourth-order valence-corrected chi connectivity index (χ4v) is 2.80. The van der Waals surface area contributed by atoms with Crippen LogP contribution in [0.5, 0.6) is 0 Å². The SMILES string of the molecule is CCc1c[nH]c(=S)n1CC1CCCCC1. The standard InChI is InChI=1S/C12H20N2S/c1-2-11-8-13-12(15)14(11)9-10-6-4-3-5-7-10/h8,10H,2-7,9H2,1H3,(H,13,15). The summed E-state index contributed by atoms with van der Waals surface area (Å²) >= 11 is 5.32.